The second-order valence-corrected chi connectivity index (χ2v) is 8.63. The fourth-order valence-electron chi connectivity index (χ4n) is 4.57. The number of aromatic amines is 1. The van der Waals surface area contributed by atoms with Gasteiger partial charge in [-0.25, -0.2) is 0 Å². The zero-order valence-corrected chi connectivity index (χ0v) is 19.1. The van der Waals surface area contributed by atoms with E-state index in [9.17, 15) is 9.59 Å². The van der Waals surface area contributed by atoms with Gasteiger partial charge < -0.3 is 25.4 Å². The molecule has 0 radical (unpaired) electrons. The van der Waals surface area contributed by atoms with Gasteiger partial charge in [-0.05, 0) is 55.6 Å². The van der Waals surface area contributed by atoms with E-state index in [0.717, 1.165) is 66.0 Å². The van der Waals surface area contributed by atoms with Crippen LogP contribution in [0.2, 0.25) is 0 Å². The Kier molecular flexibility index (Phi) is 6.24. The smallest absolute Gasteiger partial charge is 0.253 e. The number of hydrogen-bond acceptors (Lipinski definition) is 4. The van der Waals surface area contributed by atoms with Crippen molar-refractivity contribution < 1.29 is 9.59 Å². The van der Waals surface area contributed by atoms with Crippen molar-refractivity contribution in [3.8, 4) is 11.3 Å². The van der Waals surface area contributed by atoms with Gasteiger partial charge in [-0.1, -0.05) is 6.07 Å². The van der Waals surface area contributed by atoms with Crippen LogP contribution in [-0.2, 0) is 13.1 Å². The highest BCUT2D eigenvalue weighted by Crippen LogP contribution is 2.33. The molecule has 8 heteroatoms. The van der Waals surface area contributed by atoms with E-state index in [4.69, 9.17) is 0 Å². The molecular weight excluding hydrogens is 426 g/mol. The van der Waals surface area contributed by atoms with Crippen molar-refractivity contribution >= 4 is 35.1 Å². The Morgan fingerprint density at radius 2 is 1.88 bits per heavy atom. The molecule has 168 valence electrons. The summed E-state index contributed by atoms with van der Waals surface area (Å²) in [5.41, 5.74) is 6.41. The van der Waals surface area contributed by atoms with Crippen molar-refractivity contribution in [3.05, 3.63) is 58.7 Å². The molecule has 2 aliphatic heterocycles. The minimum atomic E-state index is -0.0327. The van der Waals surface area contributed by atoms with Gasteiger partial charge in [0.05, 0.1) is 5.56 Å². The monoisotopic (exact) mass is 453 g/mol. The Morgan fingerprint density at radius 3 is 2.62 bits per heavy atom. The molecule has 3 heterocycles. The van der Waals surface area contributed by atoms with Gasteiger partial charge in [0, 0.05) is 67.0 Å². The number of nitrogens with one attached hydrogen (secondary N) is 3. The molecule has 0 atom stereocenters. The Hall–Kier alpha value is -2.87. The lowest BCUT2D eigenvalue weighted by Gasteiger charge is -2.27. The molecule has 3 aromatic rings. The third kappa shape index (κ3) is 4.11. The van der Waals surface area contributed by atoms with E-state index in [1.807, 2.05) is 43.3 Å². The first-order valence-corrected chi connectivity index (χ1v) is 10.7. The third-order valence-corrected chi connectivity index (χ3v) is 6.01. The number of fused-ring (bicyclic) bond motifs is 2. The Morgan fingerprint density at radius 1 is 1.09 bits per heavy atom. The molecule has 0 unspecified atom stereocenters. The molecule has 2 amide bonds. The Balaban J connectivity index is 0.00000245. The zero-order valence-electron chi connectivity index (χ0n) is 18.3. The molecule has 0 bridgehead atoms. The highest BCUT2D eigenvalue weighted by Gasteiger charge is 2.25. The maximum absolute atomic E-state index is 12.9. The number of amides is 2. The van der Waals surface area contributed by atoms with E-state index in [-0.39, 0.29) is 24.2 Å². The van der Waals surface area contributed by atoms with Gasteiger partial charge in [-0.2, -0.15) is 0 Å². The van der Waals surface area contributed by atoms with E-state index in [1.54, 1.807) is 0 Å². The fraction of sp³-hybridized carbons (Fsp3) is 0.333. The van der Waals surface area contributed by atoms with Crippen molar-refractivity contribution in [1.82, 2.24) is 25.4 Å². The molecule has 7 nitrogen and oxygen atoms in total. The highest BCUT2D eigenvalue weighted by atomic mass is 35.5. The summed E-state index contributed by atoms with van der Waals surface area (Å²) in [6.45, 7) is 4.49. The standard InChI is InChI=1S/C24H27N5O2.ClH/c1-28(2)14-15-9-18-13-26-23(30)22(18)19(10-15)21-12-17-11-16(3-4-20(17)27-21)24(31)29-7-5-25-6-8-29;/h3-4,9-12,25,27H,5-8,13-14H2,1-2H3,(H,26,30);1H. The van der Waals surface area contributed by atoms with Gasteiger partial charge in [0.1, 0.15) is 0 Å². The van der Waals surface area contributed by atoms with Crippen LogP contribution in [0.5, 0.6) is 0 Å². The number of benzene rings is 2. The van der Waals surface area contributed by atoms with Crippen LogP contribution in [0.1, 0.15) is 31.8 Å². The number of carbonyl (C=O) groups excluding carboxylic acids is 2. The van der Waals surface area contributed by atoms with E-state index in [1.165, 1.54) is 5.56 Å². The second-order valence-electron chi connectivity index (χ2n) is 8.63. The van der Waals surface area contributed by atoms with Crippen LogP contribution in [0.4, 0.5) is 0 Å². The molecule has 0 saturated carbocycles. The number of carbonyl (C=O) groups is 2. The third-order valence-electron chi connectivity index (χ3n) is 6.01. The quantitative estimate of drug-likeness (QED) is 0.567. The summed E-state index contributed by atoms with van der Waals surface area (Å²) in [4.78, 5) is 32.9. The van der Waals surface area contributed by atoms with E-state index in [0.29, 0.717) is 12.1 Å². The first kappa shape index (κ1) is 22.3. The lowest BCUT2D eigenvalue weighted by atomic mass is 9.96. The summed E-state index contributed by atoms with van der Waals surface area (Å²) < 4.78 is 0. The molecule has 2 aliphatic rings. The number of halogens is 1. The summed E-state index contributed by atoms with van der Waals surface area (Å²) in [6.07, 6.45) is 0. The van der Waals surface area contributed by atoms with Crippen LogP contribution in [0.15, 0.2) is 36.4 Å². The van der Waals surface area contributed by atoms with Crippen molar-refractivity contribution in [1.29, 1.82) is 0 Å². The van der Waals surface area contributed by atoms with Crippen LogP contribution in [0.25, 0.3) is 22.2 Å². The molecule has 32 heavy (non-hydrogen) atoms. The predicted molar refractivity (Wildman–Crippen MR) is 128 cm³/mol. The minimum Gasteiger partial charge on any atom is -0.355 e. The van der Waals surface area contributed by atoms with Gasteiger partial charge in [0.25, 0.3) is 11.8 Å². The summed E-state index contributed by atoms with van der Waals surface area (Å²) in [5, 5.41) is 7.20. The fourth-order valence-corrected chi connectivity index (χ4v) is 4.57. The summed E-state index contributed by atoms with van der Waals surface area (Å²) in [6, 6.07) is 12.0. The number of nitrogens with zero attached hydrogens (tertiary/aromatic N) is 2. The van der Waals surface area contributed by atoms with Gasteiger partial charge >= 0.3 is 0 Å². The van der Waals surface area contributed by atoms with Crippen molar-refractivity contribution in [2.45, 2.75) is 13.1 Å². The largest absolute Gasteiger partial charge is 0.355 e. The lowest BCUT2D eigenvalue weighted by Crippen LogP contribution is -2.46. The zero-order chi connectivity index (χ0) is 21.5. The number of H-pyrrole nitrogens is 1. The van der Waals surface area contributed by atoms with Gasteiger partial charge in [-0.3, -0.25) is 9.59 Å². The maximum Gasteiger partial charge on any atom is 0.253 e. The van der Waals surface area contributed by atoms with E-state index < -0.39 is 0 Å². The van der Waals surface area contributed by atoms with Crippen LogP contribution >= 0.6 is 12.4 Å². The molecule has 1 fully saturated rings. The lowest BCUT2D eigenvalue weighted by molar-refractivity contribution is 0.0735. The molecule has 1 aromatic heterocycles. The first-order chi connectivity index (χ1) is 15.0. The van der Waals surface area contributed by atoms with Crippen molar-refractivity contribution in [2.75, 3.05) is 40.3 Å². The molecule has 0 spiro atoms. The number of rotatable bonds is 4. The van der Waals surface area contributed by atoms with Crippen LogP contribution in [0, 0.1) is 0 Å². The minimum absolute atomic E-state index is 0. The molecule has 1 saturated heterocycles. The average molecular weight is 454 g/mol. The molecule has 0 aliphatic carbocycles. The van der Waals surface area contributed by atoms with Crippen molar-refractivity contribution in [2.24, 2.45) is 0 Å². The van der Waals surface area contributed by atoms with Crippen LogP contribution in [0.3, 0.4) is 0 Å². The predicted octanol–water partition coefficient (Wildman–Crippen LogP) is 2.61. The first-order valence-electron chi connectivity index (χ1n) is 10.7. The highest BCUT2D eigenvalue weighted by molar-refractivity contribution is 6.05. The molecule has 3 N–H and O–H groups in total. The Labute approximate surface area is 193 Å². The summed E-state index contributed by atoms with van der Waals surface area (Å²) in [5.74, 6) is 0.0361. The normalized spacial score (nSPS) is 15.6. The maximum atomic E-state index is 12.9. The molecule has 2 aromatic carbocycles. The van der Waals surface area contributed by atoms with Gasteiger partial charge in [-0.15, -0.1) is 12.4 Å². The van der Waals surface area contributed by atoms with Gasteiger partial charge in [0.15, 0.2) is 0 Å². The summed E-state index contributed by atoms with van der Waals surface area (Å²) >= 11 is 0. The van der Waals surface area contributed by atoms with E-state index in [2.05, 4.69) is 32.7 Å². The summed E-state index contributed by atoms with van der Waals surface area (Å²) in [7, 11) is 4.08. The van der Waals surface area contributed by atoms with Crippen molar-refractivity contribution in [3.63, 3.8) is 0 Å². The van der Waals surface area contributed by atoms with Gasteiger partial charge in [0.2, 0.25) is 0 Å². The number of piperazine rings is 1. The molecular formula is C24H28ClN5O2. The SMILES string of the molecule is CN(C)Cc1cc2c(c(-c3cc4cc(C(=O)N5CCNCC5)ccc4[nH]3)c1)C(=O)NC2.Cl. The Bertz CT molecular complexity index is 1180. The second kappa shape index (κ2) is 8.94. The van der Waals surface area contributed by atoms with Crippen LogP contribution in [-0.4, -0.2) is 66.9 Å². The number of hydrogen-bond donors (Lipinski definition) is 3. The number of aromatic nitrogens is 1. The van der Waals surface area contributed by atoms with E-state index >= 15 is 0 Å². The molecule has 5 rings (SSSR count). The average Bonchev–Trinajstić information content (AvgIpc) is 3.36. The van der Waals surface area contributed by atoms with Crippen LogP contribution < -0.4 is 10.6 Å². The topological polar surface area (TPSA) is 80.5 Å².